The third-order valence-corrected chi connectivity index (χ3v) is 8.32. The monoisotopic (exact) mass is 478 g/mol. The SMILES string of the molecule is O=C(Nc1nnc([C@@H]2CCC[C@@H](c3nnc(NC(=O)C4CCOC4)s3)C2)s1)C1CCOC1. The Bertz CT molecular complexity index is 879. The van der Waals surface area contributed by atoms with Gasteiger partial charge in [0.25, 0.3) is 0 Å². The average molecular weight is 479 g/mol. The summed E-state index contributed by atoms with van der Waals surface area (Å²) in [7, 11) is 0. The van der Waals surface area contributed by atoms with E-state index in [4.69, 9.17) is 9.47 Å². The first-order chi connectivity index (χ1) is 15.7. The molecule has 2 N–H and O–H groups in total. The summed E-state index contributed by atoms with van der Waals surface area (Å²) in [6.07, 6.45) is 5.56. The van der Waals surface area contributed by atoms with Crippen LogP contribution in [0.1, 0.15) is 60.4 Å². The van der Waals surface area contributed by atoms with Gasteiger partial charge in [-0.25, -0.2) is 0 Å². The van der Waals surface area contributed by atoms with Crippen molar-refractivity contribution in [1.82, 2.24) is 20.4 Å². The van der Waals surface area contributed by atoms with Crippen molar-refractivity contribution in [1.29, 1.82) is 0 Å². The van der Waals surface area contributed by atoms with Crippen LogP contribution in [-0.2, 0) is 19.1 Å². The highest BCUT2D eigenvalue weighted by Crippen LogP contribution is 2.43. The van der Waals surface area contributed by atoms with Gasteiger partial charge < -0.3 is 20.1 Å². The smallest absolute Gasteiger partial charge is 0.231 e. The number of ether oxygens (including phenoxy) is 2. The van der Waals surface area contributed by atoms with E-state index in [0.717, 1.165) is 48.5 Å². The molecule has 4 atom stereocenters. The van der Waals surface area contributed by atoms with Gasteiger partial charge in [-0.05, 0) is 32.1 Å². The molecule has 2 aromatic rings. The van der Waals surface area contributed by atoms with Crippen LogP contribution in [0.5, 0.6) is 0 Å². The summed E-state index contributed by atoms with van der Waals surface area (Å²) in [6.45, 7) is 2.21. The minimum Gasteiger partial charge on any atom is -0.381 e. The summed E-state index contributed by atoms with van der Waals surface area (Å²) >= 11 is 2.91. The van der Waals surface area contributed by atoms with E-state index in [1.54, 1.807) is 0 Å². The van der Waals surface area contributed by atoms with Crippen LogP contribution >= 0.6 is 22.7 Å². The van der Waals surface area contributed by atoms with Gasteiger partial charge in [-0.3, -0.25) is 9.59 Å². The van der Waals surface area contributed by atoms with Crippen molar-refractivity contribution in [3.8, 4) is 0 Å². The van der Waals surface area contributed by atoms with E-state index in [2.05, 4.69) is 31.0 Å². The molecule has 1 aliphatic carbocycles. The van der Waals surface area contributed by atoms with Crippen molar-refractivity contribution < 1.29 is 19.1 Å². The number of nitrogens with zero attached hydrogens (tertiary/aromatic N) is 4. The highest BCUT2D eigenvalue weighted by molar-refractivity contribution is 7.15. The Hall–Kier alpha value is -2.02. The number of amides is 2. The lowest BCUT2D eigenvalue weighted by atomic mass is 9.82. The maximum absolute atomic E-state index is 12.3. The van der Waals surface area contributed by atoms with Gasteiger partial charge >= 0.3 is 0 Å². The van der Waals surface area contributed by atoms with Crippen LogP contribution in [0.4, 0.5) is 10.3 Å². The standard InChI is InChI=1S/C20H26N6O4S2/c27-15(13-4-6-29-9-13)21-19-25-23-17(31-19)11-2-1-3-12(8-11)18-24-26-20(32-18)22-16(28)14-5-7-30-10-14/h11-14H,1-10H2,(H,21,25,27)(H,22,26,28)/t11-,12-,13?,14?/m1/s1. The number of carbonyl (C=O) groups excluding carboxylic acids is 2. The minimum absolute atomic E-state index is 0.0423. The van der Waals surface area contributed by atoms with Crippen LogP contribution in [-0.4, -0.2) is 58.6 Å². The van der Waals surface area contributed by atoms with Crippen molar-refractivity contribution in [2.75, 3.05) is 37.1 Å². The van der Waals surface area contributed by atoms with Gasteiger partial charge in [-0.15, -0.1) is 20.4 Å². The molecule has 2 unspecified atom stereocenters. The molecule has 5 rings (SSSR count). The van der Waals surface area contributed by atoms with E-state index in [1.807, 2.05) is 0 Å². The number of carbonyl (C=O) groups is 2. The van der Waals surface area contributed by atoms with E-state index in [-0.39, 0.29) is 35.5 Å². The molecule has 2 saturated heterocycles. The molecule has 172 valence electrons. The molecule has 0 radical (unpaired) electrons. The lowest BCUT2D eigenvalue weighted by Gasteiger charge is -2.25. The summed E-state index contributed by atoms with van der Waals surface area (Å²) in [5.41, 5.74) is 0. The molecule has 12 heteroatoms. The molecule has 0 bridgehead atoms. The Morgan fingerprint density at radius 3 is 1.69 bits per heavy atom. The summed E-state index contributed by atoms with van der Waals surface area (Å²) < 4.78 is 10.6. The average Bonchev–Trinajstić information content (AvgIpc) is 3.61. The Morgan fingerprint density at radius 2 is 1.25 bits per heavy atom. The van der Waals surface area contributed by atoms with Crippen LogP contribution in [0.2, 0.25) is 0 Å². The van der Waals surface area contributed by atoms with Gasteiger partial charge in [0, 0.05) is 25.0 Å². The Kier molecular flexibility index (Phi) is 6.72. The Labute approximate surface area is 193 Å². The summed E-state index contributed by atoms with van der Waals surface area (Å²) in [4.78, 5) is 24.6. The third kappa shape index (κ3) is 4.98. The summed E-state index contributed by atoms with van der Waals surface area (Å²) in [5.74, 6) is 0.275. The zero-order valence-electron chi connectivity index (χ0n) is 17.6. The maximum Gasteiger partial charge on any atom is 0.231 e. The predicted octanol–water partition coefficient (Wildman–Crippen LogP) is 2.78. The maximum atomic E-state index is 12.3. The normalized spacial score (nSPS) is 28.0. The quantitative estimate of drug-likeness (QED) is 0.649. The molecule has 2 amide bonds. The molecular formula is C20H26N6O4S2. The third-order valence-electron chi connectivity index (χ3n) is 6.32. The van der Waals surface area contributed by atoms with Crippen molar-refractivity contribution in [3.63, 3.8) is 0 Å². The fraction of sp³-hybridized carbons (Fsp3) is 0.700. The number of hydrogen-bond acceptors (Lipinski definition) is 10. The van der Waals surface area contributed by atoms with Crippen molar-refractivity contribution in [2.45, 2.75) is 50.4 Å². The first kappa shape index (κ1) is 21.8. The molecule has 4 heterocycles. The zero-order chi connectivity index (χ0) is 21.9. The lowest BCUT2D eigenvalue weighted by molar-refractivity contribution is -0.120. The minimum atomic E-state index is -0.102. The second kappa shape index (κ2) is 9.86. The van der Waals surface area contributed by atoms with Crippen LogP contribution in [0.25, 0.3) is 0 Å². The van der Waals surface area contributed by atoms with E-state index >= 15 is 0 Å². The molecule has 10 nitrogen and oxygen atoms in total. The van der Waals surface area contributed by atoms with E-state index < -0.39 is 0 Å². The molecule has 2 aromatic heterocycles. The van der Waals surface area contributed by atoms with E-state index in [0.29, 0.717) is 36.7 Å². The highest BCUT2D eigenvalue weighted by atomic mass is 32.1. The molecule has 32 heavy (non-hydrogen) atoms. The second-order valence-corrected chi connectivity index (χ2v) is 10.6. The zero-order valence-corrected chi connectivity index (χ0v) is 19.3. The molecule has 0 aromatic carbocycles. The molecule has 2 aliphatic heterocycles. The number of anilines is 2. The highest BCUT2D eigenvalue weighted by Gasteiger charge is 2.31. The van der Waals surface area contributed by atoms with Crippen molar-refractivity contribution >= 4 is 44.8 Å². The largest absolute Gasteiger partial charge is 0.381 e. The Balaban J connectivity index is 1.18. The number of nitrogens with one attached hydrogen (secondary N) is 2. The first-order valence-electron chi connectivity index (χ1n) is 11.1. The van der Waals surface area contributed by atoms with Gasteiger partial charge in [0.15, 0.2) is 0 Å². The molecule has 3 aliphatic rings. The molecule has 3 fully saturated rings. The van der Waals surface area contributed by atoms with Gasteiger partial charge in [-0.2, -0.15) is 0 Å². The van der Waals surface area contributed by atoms with Gasteiger partial charge in [0.1, 0.15) is 10.0 Å². The Morgan fingerprint density at radius 1 is 0.750 bits per heavy atom. The molecular weight excluding hydrogens is 452 g/mol. The van der Waals surface area contributed by atoms with Crippen molar-refractivity contribution in [3.05, 3.63) is 10.0 Å². The van der Waals surface area contributed by atoms with Crippen LogP contribution in [0.3, 0.4) is 0 Å². The number of hydrogen-bond donors (Lipinski definition) is 2. The molecule has 1 saturated carbocycles. The number of aromatic nitrogens is 4. The van der Waals surface area contributed by atoms with Crippen LogP contribution in [0.15, 0.2) is 0 Å². The van der Waals surface area contributed by atoms with Crippen molar-refractivity contribution in [2.24, 2.45) is 11.8 Å². The van der Waals surface area contributed by atoms with E-state index in [1.165, 1.54) is 22.7 Å². The topological polar surface area (TPSA) is 128 Å². The summed E-state index contributed by atoms with van der Waals surface area (Å²) in [5, 5.41) is 25.9. The van der Waals surface area contributed by atoms with Gasteiger partial charge in [0.2, 0.25) is 22.1 Å². The van der Waals surface area contributed by atoms with Gasteiger partial charge in [-0.1, -0.05) is 29.1 Å². The fourth-order valence-electron chi connectivity index (χ4n) is 4.44. The van der Waals surface area contributed by atoms with E-state index in [9.17, 15) is 9.59 Å². The van der Waals surface area contributed by atoms with Gasteiger partial charge in [0.05, 0.1) is 25.0 Å². The number of rotatable bonds is 6. The molecule has 0 spiro atoms. The van der Waals surface area contributed by atoms with Crippen LogP contribution in [0, 0.1) is 11.8 Å². The first-order valence-corrected chi connectivity index (χ1v) is 12.7. The summed E-state index contributed by atoms with van der Waals surface area (Å²) in [6, 6.07) is 0. The predicted molar refractivity (Wildman–Crippen MR) is 119 cm³/mol. The fourth-order valence-corrected chi connectivity index (χ4v) is 6.22. The second-order valence-electron chi connectivity index (χ2n) is 8.55. The van der Waals surface area contributed by atoms with Crippen LogP contribution < -0.4 is 10.6 Å². The lowest BCUT2D eigenvalue weighted by Crippen LogP contribution is -2.22.